The summed E-state index contributed by atoms with van der Waals surface area (Å²) in [6, 6.07) is 13.0. The lowest BCUT2D eigenvalue weighted by atomic mass is 10.0. The van der Waals surface area contributed by atoms with Gasteiger partial charge in [-0.05, 0) is 42.1 Å². The summed E-state index contributed by atoms with van der Waals surface area (Å²) < 4.78 is 38.5. The lowest BCUT2D eigenvalue weighted by Crippen LogP contribution is -2.37. The fourth-order valence-corrected chi connectivity index (χ4v) is 4.52. The predicted molar refractivity (Wildman–Crippen MR) is 142 cm³/mol. The Morgan fingerprint density at radius 1 is 1.05 bits per heavy atom. The normalized spacial score (nSPS) is 13.9. The number of hydrogen-bond donors (Lipinski definition) is 1. The summed E-state index contributed by atoms with van der Waals surface area (Å²) in [6.45, 7) is 8.46. The third-order valence-corrected chi connectivity index (χ3v) is 6.40. The number of fused-ring (bicyclic) bond motifs is 2. The monoisotopic (exact) mass is 517 g/mol. The van der Waals surface area contributed by atoms with E-state index in [-0.39, 0.29) is 16.7 Å². The Balaban J connectivity index is 1.40. The molecule has 1 saturated heterocycles. The van der Waals surface area contributed by atoms with Gasteiger partial charge in [0.1, 0.15) is 5.75 Å². The van der Waals surface area contributed by atoms with Gasteiger partial charge in [-0.25, -0.2) is 4.39 Å². The minimum atomic E-state index is -0.627. The van der Waals surface area contributed by atoms with Crippen LogP contribution in [0.1, 0.15) is 16.8 Å². The number of nitrogens with zero attached hydrogens (tertiary/aromatic N) is 2. The Bertz CT molecular complexity index is 1490. The van der Waals surface area contributed by atoms with E-state index in [0.29, 0.717) is 40.1 Å². The maximum absolute atomic E-state index is 15.4. The van der Waals surface area contributed by atoms with Crippen molar-refractivity contribution in [2.45, 2.75) is 6.42 Å². The zero-order valence-electron chi connectivity index (χ0n) is 20.8. The Labute approximate surface area is 219 Å². The van der Waals surface area contributed by atoms with Crippen molar-refractivity contribution in [1.29, 1.82) is 0 Å². The molecule has 0 radical (unpaired) electrons. The minimum Gasteiger partial charge on any atom is -0.490 e. The number of morpholine rings is 1. The van der Waals surface area contributed by atoms with Gasteiger partial charge < -0.3 is 24.7 Å². The van der Waals surface area contributed by atoms with Crippen LogP contribution in [0, 0.1) is 5.82 Å². The molecule has 8 nitrogen and oxygen atoms in total. The van der Waals surface area contributed by atoms with Gasteiger partial charge in [-0.3, -0.25) is 14.7 Å². The van der Waals surface area contributed by atoms with Gasteiger partial charge in [-0.15, -0.1) is 0 Å². The first kappa shape index (κ1) is 25.4. The first-order valence-electron chi connectivity index (χ1n) is 12.4. The Kier molecular flexibility index (Phi) is 7.67. The number of nitrogens with two attached hydrogens (primary N) is 1. The maximum Gasteiger partial charge on any atom is 0.249 e. The van der Waals surface area contributed by atoms with Gasteiger partial charge in [0.25, 0.3) is 0 Å². The number of rotatable bonds is 10. The fraction of sp³-hybridized carbons (Fsp3) is 0.241. The van der Waals surface area contributed by atoms with Crippen LogP contribution in [0.25, 0.3) is 21.7 Å². The third kappa shape index (κ3) is 5.39. The highest BCUT2D eigenvalue weighted by Gasteiger charge is 2.17. The van der Waals surface area contributed by atoms with Crippen LogP contribution in [-0.4, -0.2) is 55.2 Å². The van der Waals surface area contributed by atoms with E-state index in [1.54, 1.807) is 48.7 Å². The minimum absolute atomic E-state index is 0.00116. The van der Waals surface area contributed by atoms with Gasteiger partial charge in [0, 0.05) is 48.2 Å². The molecule has 0 aliphatic carbocycles. The van der Waals surface area contributed by atoms with E-state index < -0.39 is 11.7 Å². The first-order chi connectivity index (χ1) is 18.5. The molecular weight excluding hydrogens is 489 g/mol. The van der Waals surface area contributed by atoms with Crippen molar-refractivity contribution in [3.05, 3.63) is 78.9 Å². The van der Waals surface area contributed by atoms with Crippen LogP contribution < -0.4 is 19.9 Å². The molecule has 0 atom stereocenters. The highest BCUT2D eigenvalue weighted by molar-refractivity contribution is 6.06. The zero-order chi connectivity index (χ0) is 26.5. The number of halogens is 1. The number of ether oxygens (including phenoxy) is 4. The van der Waals surface area contributed by atoms with Crippen LogP contribution in [0.5, 0.6) is 23.0 Å². The van der Waals surface area contributed by atoms with Crippen LogP contribution in [0.3, 0.4) is 0 Å². The van der Waals surface area contributed by atoms with Crippen molar-refractivity contribution < 1.29 is 28.1 Å². The Morgan fingerprint density at radius 3 is 2.68 bits per heavy atom. The Hall–Kier alpha value is -4.21. The second kappa shape index (κ2) is 11.5. The molecule has 1 amide bonds. The predicted octanol–water partition coefficient (Wildman–Crippen LogP) is 5.04. The zero-order valence-corrected chi connectivity index (χ0v) is 20.8. The lowest BCUT2D eigenvalue weighted by molar-refractivity contribution is 0.0357. The molecule has 0 saturated carbocycles. The molecule has 2 heterocycles. The van der Waals surface area contributed by atoms with Gasteiger partial charge >= 0.3 is 0 Å². The fourth-order valence-electron chi connectivity index (χ4n) is 4.52. The average molecular weight is 518 g/mol. The largest absolute Gasteiger partial charge is 0.490 e. The number of primary amides is 1. The summed E-state index contributed by atoms with van der Waals surface area (Å²) in [7, 11) is 0. The van der Waals surface area contributed by atoms with Crippen molar-refractivity contribution in [3.8, 4) is 23.0 Å². The van der Waals surface area contributed by atoms with Crippen LogP contribution in [0.4, 0.5) is 4.39 Å². The summed E-state index contributed by atoms with van der Waals surface area (Å²) in [5.74, 6) is 0.131. The average Bonchev–Trinajstić information content (AvgIpc) is 2.93. The van der Waals surface area contributed by atoms with Gasteiger partial charge in [-0.1, -0.05) is 18.7 Å². The molecule has 5 rings (SSSR count). The summed E-state index contributed by atoms with van der Waals surface area (Å²) in [5.41, 5.74) is 6.28. The highest BCUT2D eigenvalue weighted by atomic mass is 19.1. The van der Waals surface area contributed by atoms with Crippen LogP contribution in [-0.2, 0) is 4.74 Å². The van der Waals surface area contributed by atoms with Gasteiger partial charge in [0.15, 0.2) is 23.1 Å². The second-order valence-corrected chi connectivity index (χ2v) is 8.81. The van der Waals surface area contributed by atoms with E-state index in [4.69, 9.17) is 24.7 Å². The number of carbonyl (C=O) groups excluding carboxylic acids is 1. The molecule has 38 heavy (non-hydrogen) atoms. The number of aromatic nitrogens is 1. The SMILES string of the molecule is C=COc1cc2c(Oc3ccc4c(C(N)=O)cccc4c3F)ccnc2cc1OCCCN1CCOCC1. The number of hydrogen-bond acceptors (Lipinski definition) is 7. The van der Waals surface area contributed by atoms with E-state index in [9.17, 15) is 4.79 Å². The lowest BCUT2D eigenvalue weighted by Gasteiger charge is -2.26. The topological polar surface area (TPSA) is 96.1 Å². The van der Waals surface area contributed by atoms with Crippen LogP contribution >= 0.6 is 0 Å². The highest BCUT2D eigenvalue weighted by Crippen LogP contribution is 2.39. The third-order valence-electron chi connectivity index (χ3n) is 6.40. The first-order valence-corrected chi connectivity index (χ1v) is 12.4. The molecule has 4 aromatic rings. The molecule has 1 aliphatic heterocycles. The van der Waals surface area contributed by atoms with E-state index in [1.807, 2.05) is 0 Å². The molecule has 0 unspecified atom stereocenters. The van der Waals surface area contributed by atoms with Crippen molar-refractivity contribution >= 4 is 27.6 Å². The van der Waals surface area contributed by atoms with Crippen molar-refractivity contribution in [2.24, 2.45) is 5.73 Å². The van der Waals surface area contributed by atoms with E-state index in [2.05, 4.69) is 16.5 Å². The molecule has 196 valence electrons. The van der Waals surface area contributed by atoms with E-state index in [1.165, 1.54) is 12.3 Å². The number of carbonyl (C=O) groups is 1. The number of benzene rings is 3. The second-order valence-electron chi connectivity index (χ2n) is 8.81. The summed E-state index contributed by atoms with van der Waals surface area (Å²) in [6.07, 6.45) is 3.75. The van der Waals surface area contributed by atoms with Crippen molar-refractivity contribution in [2.75, 3.05) is 39.5 Å². The van der Waals surface area contributed by atoms with Crippen LogP contribution in [0.15, 0.2) is 67.6 Å². The molecule has 0 spiro atoms. The van der Waals surface area contributed by atoms with E-state index in [0.717, 1.165) is 39.3 Å². The quantitative estimate of drug-likeness (QED) is 0.233. The molecule has 0 bridgehead atoms. The van der Waals surface area contributed by atoms with E-state index >= 15 is 4.39 Å². The molecule has 2 N–H and O–H groups in total. The van der Waals surface area contributed by atoms with Gasteiger partial charge in [0.2, 0.25) is 5.91 Å². The standard InChI is InChI=1S/C29H28FN3O5/c1-2-36-26-17-22-23(18-27(26)37-14-4-11-33-12-15-35-16-13-33)32-10-9-24(22)38-25-8-7-19-20(28(25)30)5-3-6-21(19)29(31)34/h2-3,5-10,17-18H,1,4,11-16H2,(H2,31,34). The summed E-state index contributed by atoms with van der Waals surface area (Å²) >= 11 is 0. The smallest absolute Gasteiger partial charge is 0.249 e. The summed E-state index contributed by atoms with van der Waals surface area (Å²) in [5, 5.41) is 1.26. The molecule has 1 fully saturated rings. The summed E-state index contributed by atoms with van der Waals surface area (Å²) in [4.78, 5) is 18.5. The number of amides is 1. The molecule has 3 aromatic carbocycles. The molecular formula is C29H28FN3O5. The van der Waals surface area contributed by atoms with Crippen LogP contribution in [0.2, 0.25) is 0 Å². The molecule has 1 aliphatic rings. The number of pyridine rings is 1. The maximum atomic E-state index is 15.4. The van der Waals surface area contributed by atoms with Crippen molar-refractivity contribution in [3.63, 3.8) is 0 Å². The Morgan fingerprint density at radius 2 is 1.89 bits per heavy atom. The van der Waals surface area contributed by atoms with Gasteiger partial charge in [0.05, 0.1) is 31.6 Å². The molecule has 1 aromatic heterocycles. The van der Waals surface area contributed by atoms with Crippen molar-refractivity contribution in [1.82, 2.24) is 9.88 Å². The molecule has 9 heteroatoms. The van der Waals surface area contributed by atoms with Gasteiger partial charge in [-0.2, -0.15) is 0 Å².